The molecule has 154 valence electrons. The van der Waals surface area contributed by atoms with E-state index in [1.807, 2.05) is 12.3 Å². The van der Waals surface area contributed by atoms with Crippen molar-refractivity contribution in [2.24, 2.45) is 0 Å². The minimum absolute atomic E-state index is 0.134. The molecule has 0 N–H and O–H groups in total. The second-order valence-electron chi connectivity index (χ2n) is 9.51. The van der Waals surface area contributed by atoms with Gasteiger partial charge in [-0.3, -0.25) is 9.80 Å². The molecule has 4 nitrogen and oxygen atoms in total. The highest BCUT2D eigenvalue weighted by molar-refractivity contribution is 5.77. The molecule has 1 atom stereocenters. The maximum Gasteiger partial charge on any atom is 0.226 e. The number of hydrogen-bond donors (Lipinski definition) is 0. The molecule has 1 saturated heterocycles. The van der Waals surface area contributed by atoms with Crippen LogP contribution in [0.2, 0.25) is 0 Å². The number of hydrogen-bond acceptors (Lipinski definition) is 4. The molecule has 1 aliphatic heterocycles. The number of aromatic nitrogens is 1. The fourth-order valence-corrected chi connectivity index (χ4v) is 4.70. The van der Waals surface area contributed by atoms with Crippen LogP contribution in [-0.2, 0) is 6.54 Å². The van der Waals surface area contributed by atoms with Crippen LogP contribution < -0.4 is 0 Å². The third-order valence-electron chi connectivity index (χ3n) is 6.16. The molecule has 2 aromatic heterocycles. The molecule has 0 spiro atoms. The second-order valence-corrected chi connectivity index (χ2v) is 9.51. The first-order valence-corrected chi connectivity index (χ1v) is 10.7. The van der Waals surface area contributed by atoms with Crippen LogP contribution in [0.15, 0.2) is 53.3 Å². The van der Waals surface area contributed by atoms with Crippen LogP contribution in [0.25, 0.3) is 11.1 Å². The fourth-order valence-electron chi connectivity index (χ4n) is 4.70. The fraction of sp³-hybridized carbons (Fsp3) is 0.480. The summed E-state index contributed by atoms with van der Waals surface area (Å²) in [6, 6.07) is 13.6. The van der Waals surface area contributed by atoms with Crippen molar-refractivity contribution in [3.63, 3.8) is 0 Å². The van der Waals surface area contributed by atoms with Gasteiger partial charge in [0.2, 0.25) is 5.71 Å². The predicted molar refractivity (Wildman–Crippen MR) is 119 cm³/mol. The van der Waals surface area contributed by atoms with E-state index in [1.54, 1.807) is 6.26 Å². The molecular weight excluding hydrogens is 358 g/mol. The van der Waals surface area contributed by atoms with Crippen LogP contribution in [0.3, 0.4) is 0 Å². The third kappa shape index (κ3) is 4.10. The van der Waals surface area contributed by atoms with E-state index in [0.29, 0.717) is 12.0 Å². The molecule has 3 heterocycles. The first kappa shape index (κ1) is 20.1. The Morgan fingerprint density at radius 1 is 1.10 bits per heavy atom. The minimum atomic E-state index is 0.134. The topological polar surface area (TPSA) is 32.5 Å². The van der Waals surface area contributed by atoms with Gasteiger partial charge in [-0.15, -0.1) is 0 Å². The van der Waals surface area contributed by atoms with Crippen LogP contribution in [-0.4, -0.2) is 40.0 Å². The zero-order valence-corrected chi connectivity index (χ0v) is 18.4. The quantitative estimate of drug-likeness (QED) is 0.579. The van der Waals surface area contributed by atoms with Crippen molar-refractivity contribution >= 4 is 11.1 Å². The van der Waals surface area contributed by atoms with Crippen molar-refractivity contribution in [1.29, 1.82) is 0 Å². The number of furan rings is 1. The zero-order chi connectivity index (χ0) is 20.6. The summed E-state index contributed by atoms with van der Waals surface area (Å²) in [5, 5.41) is 1.13. The Bertz CT molecular complexity index is 969. The van der Waals surface area contributed by atoms with Crippen LogP contribution in [0.4, 0.5) is 0 Å². The molecule has 29 heavy (non-hydrogen) atoms. The van der Waals surface area contributed by atoms with E-state index >= 15 is 0 Å². The Balaban J connectivity index is 1.65. The van der Waals surface area contributed by atoms with Gasteiger partial charge in [0, 0.05) is 49.3 Å². The maximum absolute atomic E-state index is 5.50. The number of piperazine rings is 1. The molecule has 0 radical (unpaired) electrons. The van der Waals surface area contributed by atoms with Gasteiger partial charge in [0.1, 0.15) is 0 Å². The van der Waals surface area contributed by atoms with E-state index in [0.717, 1.165) is 37.3 Å². The van der Waals surface area contributed by atoms with Crippen molar-refractivity contribution < 1.29 is 4.42 Å². The Labute approximate surface area is 174 Å². The van der Waals surface area contributed by atoms with Crippen LogP contribution in [0, 0.1) is 0 Å². The van der Waals surface area contributed by atoms with Gasteiger partial charge in [-0.25, -0.2) is 4.98 Å². The van der Waals surface area contributed by atoms with Crippen molar-refractivity contribution in [3.8, 4) is 0 Å². The van der Waals surface area contributed by atoms with E-state index in [4.69, 9.17) is 4.42 Å². The molecule has 0 saturated carbocycles. The summed E-state index contributed by atoms with van der Waals surface area (Å²) in [5.74, 6) is 0.522. The average Bonchev–Trinajstić information content (AvgIpc) is 3.17. The molecule has 4 rings (SSSR count). The SMILES string of the molecule is CC(C)c1ccccc1C1CN(Cc2ccnc3occc23)CCN1C(C)(C)C. The Morgan fingerprint density at radius 2 is 1.90 bits per heavy atom. The van der Waals surface area contributed by atoms with E-state index < -0.39 is 0 Å². The van der Waals surface area contributed by atoms with Crippen molar-refractivity contribution in [2.45, 2.75) is 58.7 Å². The Hall–Kier alpha value is -2.17. The van der Waals surface area contributed by atoms with Gasteiger partial charge in [0.15, 0.2) is 0 Å². The highest BCUT2D eigenvalue weighted by Gasteiger charge is 2.36. The summed E-state index contributed by atoms with van der Waals surface area (Å²) in [7, 11) is 0. The summed E-state index contributed by atoms with van der Waals surface area (Å²) in [6.07, 6.45) is 3.60. The second kappa shape index (κ2) is 7.92. The summed E-state index contributed by atoms with van der Waals surface area (Å²) >= 11 is 0. The molecule has 1 aliphatic rings. The van der Waals surface area contributed by atoms with Gasteiger partial charge in [-0.1, -0.05) is 38.1 Å². The lowest BCUT2D eigenvalue weighted by Gasteiger charge is -2.49. The summed E-state index contributed by atoms with van der Waals surface area (Å²) < 4.78 is 5.50. The minimum Gasteiger partial charge on any atom is -0.446 e. The van der Waals surface area contributed by atoms with Gasteiger partial charge in [0.25, 0.3) is 0 Å². The van der Waals surface area contributed by atoms with Crippen molar-refractivity contribution in [2.75, 3.05) is 19.6 Å². The number of benzene rings is 1. The lowest BCUT2D eigenvalue weighted by molar-refractivity contribution is 0.00567. The first-order chi connectivity index (χ1) is 13.8. The smallest absolute Gasteiger partial charge is 0.226 e. The maximum atomic E-state index is 5.50. The summed E-state index contributed by atoms with van der Waals surface area (Å²) in [4.78, 5) is 9.61. The molecule has 4 heteroatoms. The van der Waals surface area contributed by atoms with Crippen LogP contribution >= 0.6 is 0 Å². The van der Waals surface area contributed by atoms with Crippen molar-refractivity contribution in [1.82, 2.24) is 14.8 Å². The molecular formula is C25H33N3O. The molecule has 3 aromatic rings. The molecule has 1 fully saturated rings. The Morgan fingerprint density at radius 3 is 2.66 bits per heavy atom. The molecule has 0 amide bonds. The Kier molecular flexibility index (Phi) is 5.50. The summed E-state index contributed by atoms with van der Waals surface area (Å²) in [6.45, 7) is 15.7. The van der Waals surface area contributed by atoms with Crippen LogP contribution in [0.1, 0.15) is 63.3 Å². The highest BCUT2D eigenvalue weighted by atomic mass is 16.3. The third-order valence-corrected chi connectivity index (χ3v) is 6.16. The van der Waals surface area contributed by atoms with Gasteiger partial charge in [-0.05, 0) is 55.5 Å². The highest BCUT2D eigenvalue weighted by Crippen LogP contribution is 2.36. The lowest BCUT2D eigenvalue weighted by Crippen LogP contribution is -2.55. The first-order valence-electron chi connectivity index (χ1n) is 10.7. The van der Waals surface area contributed by atoms with E-state index in [-0.39, 0.29) is 5.54 Å². The number of pyridine rings is 1. The predicted octanol–water partition coefficient (Wildman–Crippen LogP) is 5.61. The van der Waals surface area contributed by atoms with E-state index in [9.17, 15) is 0 Å². The largest absolute Gasteiger partial charge is 0.446 e. The van der Waals surface area contributed by atoms with E-state index in [2.05, 4.69) is 79.7 Å². The zero-order valence-electron chi connectivity index (χ0n) is 18.4. The van der Waals surface area contributed by atoms with Gasteiger partial charge >= 0.3 is 0 Å². The number of fused-ring (bicyclic) bond motifs is 1. The van der Waals surface area contributed by atoms with Crippen LogP contribution in [0.5, 0.6) is 0 Å². The normalized spacial score (nSPS) is 19.3. The molecule has 1 unspecified atom stereocenters. The lowest BCUT2D eigenvalue weighted by atomic mass is 9.88. The van der Waals surface area contributed by atoms with E-state index in [1.165, 1.54) is 16.7 Å². The monoisotopic (exact) mass is 391 g/mol. The van der Waals surface area contributed by atoms with Gasteiger partial charge in [-0.2, -0.15) is 0 Å². The number of nitrogens with zero attached hydrogens (tertiary/aromatic N) is 3. The van der Waals surface area contributed by atoms with Crippen molar-refractivity contribution in [3.05, 3.63) is 65.5 Å². The van der Waals surface area contributed by atoms with Gasteiger partial charge in [0.05, 0.1) is 6.26 Å². The summed E-state index contributed by atoms with van der Waals surface area (Å²) in [5.41, 5.74) is 5.11. The molecule has 0 aliphatic carbocycles. The number of rotatable bonds is 4. The molecule has 1 aromatic carbocycles. The van der Waals surface area contributed by atoms with Gasteiger partial charge < -0.3 is 4.42 Å². The molecule has 0 bridgehead atoms. The average molecular weight is 392 g/mol. The standard InChI is InChI=1S/C25H33N3O/c1-18(2)20-8-6-7-9-22(20)23-17-27(13-14-28(23)25(3,4)5)16-19-10-12-26-24-21(19)11-15-29-24/h6-12,15,18,23H,13-14,16-17H2,1-5H3.